The zero-order chi connectivity index (χ0) is 23.6. The SMILES string of the molecule is C[C@@H](OCc1cc(-c2ccc(F)c(F)c2)no1)C(O)(Cn1cncn1)c1ccc(F)cc1F. The monoisotopic (exact) mass is 462 g/mol. The predicted octanol–water partition coefficient (Wildman–Crippen LogP) is 3.98. The van der Waals surface area contributed by atoms with E-state index in [1.54, 1.807) is 0 Å². The van der Waals surface area contributed by atoms with Crippen LogP contribution in [0.4, 0.5) is 17.6 Å². The van der Waals surface area contributed by atoms with Gasteiger partial charge in [-0.15, -0.1) is 0 Å². The highest BCUT2D eigenvalue weighted by molar-refractivity contribution is 5.58. The van der Waals surface area contributed by atoms with Crippen LogP contribution in [-0.2, 0) is 23.5 Å². The number of aliphatic hydroxyl groups is 1. The molecule has 0 spiro atoms. The molecule has 0 saturated carbocycles. The lowest BCUT2D eigenvalue weighted by Gasteiger charge is -2.34. The molecule has 11 heteroatoms. The normalized spacial score (nSPS) is 14.2. The minimum atomic E-state index is -1.95. The van der Waals surface area contributed by atoms with Gasteiger partial charge in [-0.2, -0.15) is 5.10 Å². The Hall–Kier alpha value is -3.57. The fourth-order valence-electron chi connectivity index (χ4n) is 3.35. The van der Waals surface area contributed by atoms with Crippen molar-refractivity contribution in [2.24, 2.45) is 0 Å². The minimum Gasteiger partial charge on any atom is -0.380 e. The molecule has 0 radical (unpaired) electrons. The smallest absolute Gasteiger partial charge is 0.163 e. The summed E-state index contributed by atoms with van der Waals surface area (Å²) < 4.78 is 66.8. The van der Waals surface area contributed by atoms with Crippen molar-refractivity contribution in [3.8, 4) is 11.3 Å². The summed E-state index contributed by atoms with van der Waals surface area (Å²) in [6.45, 7) is 1.10. The summed E-state index contributed by atoms with van der Waals surface area (Å²) in [6.07, 6.45) is 1.56. The standard InChI is InChI=1S/C22H18F4N4O3/c1-13(32-9-16-8-21(29-33-16)14-2-5-18(24)20(26)6-14)22(31,10-30-12-27-11-28-30)17-4-3-15(23)7-19(17)25/h2-8,11-13,31H,9-10H2,1H3/t13-,22?/m1/s1. The molecule has 7 nitrogen and oxygen atoms in total. The van der Waals surface area contributed by atoms with E-state index in [1.165, 1.54) is 36.4 Å². The predicted molar refractivity (Wildman–Crippen MR) is 106 cm³/mol. The first-order chi connectivity index (χ1) is 15.8. The van der Waals surface area contributed by atoms with E-state index in [2.05, 4.69) is 15.2 Å². The van der Waals surface area contributed by atoms with Crippen molar-refractivity contribution >= 4 is 0 Å². The summed E-state index contributed by atoms with van der Waals surface area (Å²) in [5.41, 5.74) is -1.59. The van der Waals surface area contributed by atoms with E-state index in [1.807, 2.05) is 0 Å². The molecule has 0 aliphatic carbocycles. The maximum atomic E-state index is 14.6. The minimum absolute atomic E-state index is 0.180. The average Bonchev–Trinajstić information content (AvgIpc) is 3.46. The van der Waals surface area contributed by atoms with E-state index < -0.39 is 35.0 Å². The highest BCUT2D eigenvalue weighted by Crippen LogP contribution is 2.32. The van der Waals surface area contributed by atoms with Crippen molar-refractivity contribution in [1.82, 2.24) is 19.9 Å². The van der Waals surface area contributed by atoms with Crippen LogP contribution in [0.2, 0.25) is 0 Å². The zero-order valence-electron chi connectivity index (χ0n) is 17.3. The molecule has 0 saturated heterocycles. The van der Waals surface area contributed by atoms with Gasteiger partial charge in [0.2, 0.25) is 0 Å². The molecule has 0 bridgehead atoms. The largest absolute Gasteiger partial charge is 0.380 e. The molecule has 33 heavy (non-hydrogen) atoms. The molecule has 0 aliphatic rings. The van der Waals surface area contributed by atoms with E-state index in [0.29, 0.717) is 11.6 Å². The quantitative estimate of drug-likeness (QED) is 0.399. The lowest BCUT2D eigenvalue weighted by molar-refractivity contribution is -0.126. The second-order valence-electron chi connectivity index (χ2n) is 7.40. The summed E-state index contributed by atoms with van der Waals surface area (Å²) in [4.78, 5) is 3.81. The Labute approximate surface area is 185 Å². The molecule has 0 fully saturated rings. The third-order valence-corrected chi connectivity index (χ3v) is 5.19. The maximum Gasteiger partial charge on any atom is 0.163 e. The second-order valence-corrected chi connectivity index (χ2v) is 7.40. The van der Waals surface area contributed by atoms with Gasteiger partial charge in [-0.3, -0.25) is 0 Å². The number of halogens is 4. The van der Waals surface area contributed by atoms with Crippen molar-refractivity contribution < 1.29 is 31.9 Å². The molecule has 1 N–H and O–H groups in total. The van der Waals surface area contributed by atoms with Crippen molar-refractivity contribution in [2.45, 2.75) is 31.8 Å². The number of ether oxygens (including phenoxy) is 1. The van der Waals surface area contributed by atoms with Gasteiger partial charge in [-0.05, 0) is 31.2 Å². The molecule has 2 atom stereocenters. The van der Waals surface area contributed by atoms with E-state index in [9.17, 15) is 22.7 Å². The van der Waals surface area contributed by atoms with Gasteiger partial charge in [-0.25, -0.2) is 27.2 Å². The molecule has 2 aromatic heterocycles. The first-order valence-electron chi connectivity index (χ1n) is 9.79. The lowest BCUT2D eigenvalue weighted by atomic mass is 9.88. The van der Waals surface area contributed by atoms with Crippen LogP contribution in [0.15, 0.2) is 59.6 Å². The van der Waals surface area contributed by atoms with Crippen molar-refractivity contribution in [3.05, 3.63) is 89.7 Å². The highest BCUT2D eigenvalue weighted by atomic mass is 19.2. The molecule has 4 rings (SSSR count). The van der Waals surface area contributed by atoms with E-state index in [4.69, 9.17) is 9.26 Å². The third kappa shape index (κ3) is 4.78. The Bertz CT molecular complexity index is 1250. The fraction of sp³-hybridized carbons (Fsp3) is 0.227. The molecule has 1 unspecified atom stereocenters. The van der Waals surface area contributed by atoms with Crippen LogP contribution in [0.3, 0.4) is 0 Å². The van der Waals surface area contributed by atoms with Crippen LogP contribution in [0.25, 0.3) is 11.3 Å². The third-order valence-electron chi connectivity index (χ3n) is 5.19. The van der Waals surface area contributed by atoms with Crippen molar-refractivity contribution in [1.29, 1.82) is 0 Å². The van der Waals surface area contributed by atoms with Crippen LogP contribution in [0.5, 0.6) is 0 Å². The molecule has 0 amide bonds. The number of hydrogen-bond acceptors (Lipinski definition) is 6. The number of nitrogens with zero attached hydrogens (tertiary/aromatic N) is 4. The van der Waals surface area contributed by atoms with E-state index >= 15 is 0 Å². The summed E-state index contributed by atoms with van der Waals surface area (Å²) in [7, 11) is 0. The molecule has 2 heterocycles. The summed E-state index contributed by atoms with van der Waals surface area (Å²) >= 11 is 0. The van der Waals surface area contributed by atoms with E-state index in [-0.39, 0.29) is 30.2 Å². The van der Waals surface area contributed by atoms with Gasteiger partial charge in [0, 0.05) is 23.3 Å². The molecule has 172 valence electrons. The topological polar surface area (TPSA) is 86.2 Å². The highest BCUT2D eigenvalue weighted by Gasteiger charge is 2.40. The van der Waals surface area contributed by atoms with E-state index in [0.717, 1.165) is 24.3 Å². The Kier molecular flexibility index (Phi) is 6.25. The zero-order valence-corrected chi connectivity index (χ0v) is 17.3. The summed E-state index contributed by atoms with van der Waals surface area (Å²) in [6, 6.07) is 7.60. The molecule has 2 aromatic carbocycles. The van der Waals surface area contributed by atoms with Crippen LogP contribution in [0.1, 0.15) is 18.2 Å². The van der Waals surface area contributed by atoms with Gasteiger partial charge < -0.3 is 14.4 Å². The number of aromatic nitrogens is 4. The van der Waals surface area contributed by atoms with Gasteiger partial charge in [-0.1, -0.05) is 11.2 Å². The number of rotatable bonds is 8. The summed E-state index contributed by atoms with van der Waals surface area (Å²) in [5.74, 6) is -3.53. The maximum absolute atomic E-state index is 14.6. The van der Waals surface area contributed by atoms with Gasteiger partial charge in [0.1, 0.15) is 42.2 Å². The van der Waals surface area contributed by atoms with Gasteiger partial charge in [0.25, 0.3) is 0 Å². The first kappa shape index (κ1) is 22.6. The van der Waals surface area contributed by atoms with Gasteiger partial charge >= 0.3 is 0 Å². The van der Waals surface area contributed by atoms with Crippen molar-refractivity contribution in [2.75, 3.05) is 0 Å². The second kappa shape index (κ2) is 9.12. The van der Waals surface area contributed by atoms with Gasteiger partial charge in [0.05, 0.1) is 12.6 Å². The number of hydrogen-bond donors (Lipinski definition) is 1. The Balaban J connectivity index is 1.54. The summed E-state index contributed by atoms with van der Waals surface area (Å²) in [5, 5.41) is 19.2. The van der Waals surface area contributed by atoms with Crippen LogP contribution in [-0.4, -0.2) is 31.1 Å². The molecular weight excluding hydrogens is 444 g/mol. The first-order valence-corrected chi connectivity index (χ1v) is 9.79. The average molecular weight is 462 g/mol. The molecule has 0 aliphatic heterocycles. The Morgan fingerprint density at radius 2 is 1.88 bits per heavy atom. The van der Waals surface area contributed by atoms with Crippen LogP contribution < -0.4 is 0 Å². The molecular formula is C22H18F4N4O3. The number of benzene rings is 2. The molecule has 4 aromatic rings. The van der Waals surface area contributed by atoms with Crippen LogP contribution >= 0.6 is 0 Å². The van der Waals surface area contributed by atoms with Gasteiger partial charge in [0.15, 0.2) is 17.4 Å². The fourth-order valence-corrected chi connectivity index (χ4v) is 3.35. The Morgan fingerprint density at radius 3 is 2.58 bits per heavy atom. The Morgan fingerprint density at radius 1 is 1.06 bits per heavy atom. The van der Waals surface area contributed by atoms with Crippen LogP contribution in [0, 0.1) is 23.3 Å². The lowest BCUT2D eigenvalue weighted by Crippen LogP contribution is -2.44. The van der Waals surface area contributed by atoms with Crippen molar-refractivity contribution in [3.63, 3.8) is 0 Å².